The molecule has 3 N–H and O–H groups in total. The number of amidine groups is 1. The standard InChI is InChI=1S/C11H21N3O2/c12-11(13-15)10-3-1-2-6-14(10)9-4-7-16-8-5-9/h9-10,15H,1-8H2,(H2,12,13). The van der Waals surface area contributed by atoms with E-state index in [1.165, 1.54) is 12.8 Å². The van der Waals surface area contributed by atoms with Gasteiger partial charge in [-0.3, -0.25) is 4.90 Å². The summed E-state index contributed by atoms with van der Waals surface area (Å²) in [5.41, 5.74) is 5.77. The van der Waals surface area contributed by atoms with Crippen molar-refractivity contribution in [3.8, 4) is 0 Å². The van der Waals surface area contributed by atoms with Crippen molar-refractivity contribution in [3.05, 3.63) is 0 Å². The van der Waals surface area contributed by atoms with Crippen molar-refractivity contribution in [1.29, 1.82) is 0 Å². The molecule has 0 spiro atoms. The molecular formula is C11H21N3O2. The lowest BCUT2D eigenvalue weighted by atomic mass is 9.96. The molecule has 92 valence electrons. The van der Waals surface area contributed by atoms with E-state index in [1.807, 2.05) is 0 Å². The number of ether oxygens (including phenoxy) is 1. The highest BCUT2D eigenvalue weighted by Crippen LogP contribution is 2.24. The fourth-order valence-corrected chi connectivity index (χ4v) is 2.79. The van der Waals surface area contributed by atoms with Gasteiger partial charge in [0.25, 0.3) is 0 Å². The molecule has 2 aliphatic rings. The minimum absolute atomic E-state index is 0.127. The monoisotopic (exact) mass is 227 g/mol. The Morgan fingerprint density at radius 3 is 2.69 bits per heavy atom. The van der Waals surface area contributed by atoms with Crippen LogP contribution in [0.4, 0.5) is 0 Å². The van der Waals surface area contributed by atoms with E-state index in [-0.39, 0.29) is 6.04 Å². The number of nitrogens with two attached hydrogens (primary N) is 1. The van der Waals surface area contributed by atoms with Gasteiger partial charge < -0.3 is 15.7 Å². The minimum atomic E-state index is 0.127. The molecule has 2 rings (SSSR count). The van der Waals surface area contributed by atoms with E-state index < -0.39 is 0 Å². The van der Waals surface area contributed by atoms with Gasteiger partial charge >= 0.3 is 0 Å². The fraction of sp³-hybridized carbons (Fsp3) is 0.909. The number of hydrogen-bond acceptors (Lipinski definition) is 4. The van der Waals surface area contributed by atoms with Gasteiger partial charge in [0.1, 0.15) is 0 Å². The Labute approximate surface area is 96.2 Å². The van der Waals surface area contributed by atoms with Crippen LogP contribution in [0.25, 0.3) is 0 Å². The van der Waals surface area contributed by atoms with Crippen LogP contribution >= 0.6 is 0 Å². The zero-order valence-corrected chi connectivity index (χ0v) is 9.64. The van der Waals surface area contributed by atoms with Crippen molar-refractivity contribution < 1.29 is 9.94 Å². The van der Waals surface area contributed by atoms with E-state index in [9.17, 15) is 0 Å². The fourth-order valence-electron chi connectivity index (χ4n) is 2.79. The first-order chi connectivity index (χ1) is 7.83. The van der Waals surface area contributed by atoms with Gasteiger partial charge in [0.15, 0.2) is 5.84 Å². The van der Waals surface area contributed by atoms with Gasteiger partial charge in [0, 0.05) is 19.3 Å². The van der Waals surface area contributed by atoms with Gasteiger partial charge in [-0.15, -0.1) is 0 Å². The summed E-state index contributed by atoms with van der Waals surface area (Å²) in [6, 6.07) is 0.668. The number of hydrogen-bond donors (Lipinski definition) is 2. The molecule has 2 fully saturated rings. The van der Waals surface area contributed by atoms with Gasteiger partial charge in [0.05, 0.1) is 6.04 Å². The molecule has 0 aromatic rings. The molecule has 2 aliphatic heterocycles. The van der Waals surface area contributed by atoms with E-state index in [0.29, 0.717) is 11.9 Å². The van der Waals surface area contributed by atoms with Crippen LogP contribution in [0.2, 0.25) is 0 Å². The van der Waals surface area contributed by atoms with Crippen molar-refractivity contribution in [2.75, 3.05) is 19.8 Å². The van der Waals surface area contributed by atoms with E-state index >= 15 is 0 Å². The second-order valence-corrected chi connectivity index (χ2v) is 4.62. The number of nitrogens with zero attached hydrogens (tertiary/aromatic N) is 2. The maximum absolute atomic E-state index is 8.81. The highest BCUT2D eigenvalue weighted by molar-refractivity contribution is 5.85. The Bertz CT molecular complexity index is 252. The molecule has 0 saturated carbocycles. The van der Waals surface area contributed by atoms with Crippen molar-refractivity contribution in [2.24, 2.45) is 10.9 Å². The first-order valence-corrected chi connectivity index (χ1v) is 6.14. The van der Waals surface area contributed by atoms with Crippen molar-refractivity contribution in [3.63, 3.8) is 0 Å². The average Bonchev–Trinajstić information content (AvgIpc) is 2.39. The molecule has 16 heavy (non-hydrogen) atoms. The maximum Gasteiger partial charge on any atom is 0.156 e. The largest absolute Gasteiger partial charge is 0.409 e. The van der Waals surface area contributed by atoms with E-state index in [4.69, 9.17) is 15.7 Å². The molecule has 2 saturated heterocycles. The van der Waals surface area contributed by atoms with Gasteiger partial charge in [-0.05, 0) is 32.2 Å². The van der Waals surface area contributed by atoms with Crippen molar-refractivity contribution >= 4 is 5.84 Å². The molecule has 2 heterocycles. The maximum atomic E-state index is 8.81. The van der Waals surface area contributed by atoms with Gasteiger partial charge in [-0.1, -0.05) is 11.6 Å². The van der Waals surface area contributed by atoms with Gasteiger partial charge in [-0.25, -0.2) is 0 Å². The number of oxime groups is 1. The third kappa shape index (κ3) is 2.47. The van der Waals surface area contributed by atoms with Crippen molar-refractivity contribution in [2.45, 2.75) is 44.2 Å². The Morgan fingerprint density at radius 1 is 1.25 bits per heavy atom. The first kappa shape index (κ1) is 11.7. The lowest BCUT2D eigenvalue weighted by Crippen LogP contribution is -2.53. The second-order valence-electron chi connectivity index (χ2n) is 4.62. The van der Waals surface area contributed by atoms with Crippen LogP contribution in [0.3, 0.4) is 0 Å². The van der Waals surface area contributed by atoms with Gasteiger partial charge in [-0.2, -0.15) is 0 Å². The average molecular weight is 227 g/mol. The van der Waals surface area contributed by atoms with Crippen LogP contribution < -0.4 is 5.73 Å². The van der Waals surface area contributed by atoms with Crippen LogP contribution in [0, 0.1) is 0 Å². The van der Waals surface area contributed by atoms with Crippen molar-refractivity contribution in [1.82, 2.24) is 4.90 Å². The molecule has 0 radical (unpaired) electrons. The number of piperidine rings is 1. The lowest BCUT2D eigenvalue weighted by molar-refractivity contribution is 0.0172. The molecule has 1 atom stereocenters. The predicted molar refractivity (Wildman–Crippen MR) is 61.6 cm³/mol. The highest BCUT2D eigenvalue weighted by atomic mass is 16.5. The quantitative estimate of drug-likeness (QED) is 0.316. The van der Waals surface area contributed by atoms with Crippen LogP contribution in [0.15, 0.2) is 5.16 Å². The van der Waals surface area contributed by atoms with E-state index in [0.717, 1.165) is 39.0 Å². The molecule has 0 aromatic heterocycles. The Balaban J connectivity index is 2.03. The first-order valence-electron chi connectivity index (χ1n) is 6.14. The highest BCUT2D eigenvalue weighted by Gasteiger charge is 2.32. The van der Waals surface area contributed by atoms with Crippen LogP contribution in [0.5, 0.6) is 0 Å². The summed E-state index contributed by atoms with van der Waals surface area (Å²) in [4.78, 5) is 2.40. The normalized spacial score (nSPS) is 30.5. The second kappa shape index (κ2) is 5.50. The molecule has 5 nitrogen and oxygen atoms in total. The summed E-state index contributed by atoms with van der Waals surface area (Å²) in [5, 5.41) is 12.0. The summed E-state index contributed by atoms with van der Waals surface area (Å²) in [7, 11) is 0. The van der Waals surface area contributed by atoms with Crippen LogP contribution in [0.1, 0.15) is 32.1 Å². The SMILES string of the molecule is NC(=NO)C1CCCCN1C1CCOCC1. The Morgan fingerprint density at radius 2 is 2.00 bits per heavy atom. The third-order valence-corrected chi connectivity index (χ3v) is 3.66. The molecule has 5 heteroatoms. The Hall–Kier alpha value is -0.810. The zero-order chi connectivity index (χ0) is 11.4. The molecule has 0 amide bonds. The summed E-state index contributed by atoms with van der Waals surface area (Å²) in [5.74, 6) is 0.367. The van der Waals surface area contributed by atoms with Gasteiger partial charge in [0.2, 0.25) is 0 Å². The van der Waals surface area contributed by atoms with Crippen LogP contribution in [-0.2, 0) is 4.74 Å². The number of rotatable bonds is 2. The predicted octanol–water partition coefficient (Wildman–Crippen LogP) is 0.766. The molecule has 0 aromatic carbocycles. The minimum Gasteiger partial charge on any atom is -0.409 e. The molecule has 0 aliphatic carbocycles. The number of likely N-dealkylation sites (tertiary alicyclic amines) is 1. The molecular weight excluding hydrogens is 206 g/mol. The lowest BCUT2D eigenvalue weighted by Gasteiger charge is -2.42. The smallest absolute Gasteiger partial charge is 0.156 e. The summed E-state index contributed by atoms with van der Waals surface area (Å²) in [6.07, 6.45) is 5.52. The Kier molecular flexibility index (Phi) is 4.01. The van der Waals surface area contributed by atoms with E-state index in [2.05, 4.69) is 10.1 Å². The zero-order valence-electron chi connectivity index (χ0n) is 9.64. The molecule has 0 bridgehead atoms. The molecule has 1 unspecified atom stereocenters. The topological polar surface area (TPSA) is 71.1 Å². The summed E-state index contributed by atoms with van der Waals surface area (Å²) >= 11 is 0. The van der Waals surface area contributed by atoms with E-state index in [1.54, 1.807) is 0 Å². The third-order valence-electron chi connectivity index (χ3n) is 3.66. The summed E-state index contributed by atoms with van der Waals surface area (Å²) < 4.78 is 5.38. The van der Waals surface area contributed by atoms with Crippen LogP contribution in [-0.4, -0.2) is 47.8 Å². The summed E-state index contributed by atoms with van der Waals surface area (Å²) in [6.45, 7) is 2.74.